The van der Waals surface area contributed by atoms with Gasteiger partial charge in [0, 0.05) is 50.1 Å². The fourth-order valence-electron chi connectivity index (χ4n) is 3.63. The molecular formula is C24H24N2O7S. The van der Waals surface area contributed by atoms with Crippen molar-refractivity contribution >= 4 is 15.9 Å². The minimum absolute atomic E-state index is 0.0929. The van der Waals surface area contributed by atoms with E-state index in [1.807, 2.05) is 0 Å². The number of hydrogen-bond donors (Lipinski definition) is 1. The highest BCUT2D eigenvalue weighted by Gasteiger charge is 2.25. The molecule has 9 nitrogen and oxygen atoms in total. The van der Waals surface area contributed by atoms with Gasteiger partial charge >= 0.3 is 6.09 Å². The number of piperidine rings is 1. The van der Waals surface area contributed by atoms with Gasteiger partial charge in [0.2, 0.25) is 0 Å². The number of amides is 1. The lowest BCUT2D eigenvalue weighted by atomic mass is 10.1. The highest BCUT2D eigenvalue weighted by Crippen LogP contribution is 2.21. The molecule has 2 heterocycles. The highest BCUT2D eigenvalue weighted by molar-refractivity contribution is 7.90. The van der Waals surface area contributed by atoms with Gasteiger partial charge in [-0.15, -0.1) is 0 Å². The van der Waals surface area contributed by atoms with Crippen molar-refractivity contribution in [1.82, 2.24) is 9.47 Å². The van der Waals surface area contributed by atoms with E-state index in [9.17, 15) is 23.1 Å². The van der Waals surface area contributed by atoms with Crippen LogP contribution in [0.2, 0.25) is 0 Å². The topological polar surface area (TPSA) is 115 Å². The first kappa shape index (κ1) is 23.4. The molecule has 2 aromatic carbocycles. The molecule has 0 unspecified atom stereocenters. The molecule has 0 saturated carbocycles. The van der Waals surface area contributed by atoms with Gasteiger partial charge in [-0.2, -0.15) is 0 Å². The molecule has 0 spiro atoms. The maximum atomic E-state index is 12.6. The number of aromatic hydroxyl groups is 1. The van der Waals surface area contributed by atoms with Crippen molar-refractivity contribution in [3.8, 4) is 22.9 Å². The quantitative estimate of drug-likeness (QED) is 0.592. The van der Waals surface area contributed by atoms with Crippen molar-refractivity contribution in [3.05, 3.63) is 77.2 Å². The Kier molecular flexibility index (Phi) is 6.60. The smallest absolute Gasteiger partial charge is 0.415 e. The van der Waals surface area contributed by atoms with Crippen LogP contribution < -0.4 is 15.0 Å². The van der Waals surface area contributed by atoms with E-state index in [1.54, 1.807) is 29.3 Å². The summed E-state index contributed by atoms with van der Waals surface area (Å²) in [5, 5.41) is 9.31. The third kappa shape index (κ3) is 5.57. The first-order valence-electron chi connectivity index (χ1n) is 10.6. The maximum absolute atomic E-state index is 12.6. The molecule has 0 radical (unpaired) electrons. The summed E-state index contributed by atoms with van der Waals surface area (Å²) < 4.78 is 35.9. The number of likely N-dealkylation sites (tertiary alicyclic amines) is 1. The van der Waals surface area contributed by atoms with Crippen LogP contribution in [-0.4, -0.2) is 54.5 Å². The number of pyridine rings is 1. The van der Waals surface area contributed by atoms with Crippen LogP contribution in [0.4, 0.5) is 4.79 Å². The van der Waals surface area contributed by atoms with E-state index in [0.717, 1.165) is 6.26 Å². The van der Waals surface area contributed by atoms with Gasteiger partial charge < -0.3 is 19.5 Å². The molecule has 0 aliphatic carbocycles. The lowest BCUT2D eigenvalue weighted by molar-refractivity contribution is 0.0929. The van der Waals surface area contributed by atoms with Crippen LogP contribution in [0.25, 0.3) is 5.69 Å². The first-order chi connectivity index (χ1) is 16.2. The number of hydrogen-bond acceptors (Lipinski definition) is 7. The average molecular weight is 485 g/mol. The summed E-state index contributed by atoms with van der Waals surface area (Å²) in [6.07, 6.45) is 3.26. The van der Waals surface area contributed by atoms with Crippen LogP contribution >= 0.6 is 0 Å². The SMILES string of the molecule is CS(=O)(=O)c1ccc(-n2ccc(OC3CCN(C(=O)Oc4ccc(O)cc4)CC3)cc2=O)cc1. The van der Waals surface area contributed by atoms with Gasteiger partial charge in [0.25, 0.3) is 5.56 Å². The fraction of sp³-hybridized carbons (Fsp3) is 0.250. The molecule has 3 aromatic rings. The first-order valence-corrected chi connectivity index (χ1v) is 12.5. The number of carbonyl (C=O) groups is 1. The minimum atomic E-state index is -3.31. The van der Waals surface area contributed by atoms with E-state index in [2.05, 4.69) is 0 Å². The molecule has 0 atom stereocenters. The molecule has 1 aliphatic rings. The zero-order valence-corrected chi connectivity index (χ0v) is 19.3. The van der Waals surface area contributed by atoms with Gasteiger partial charge in [-0.1, -0.05) is 0 Å². The number of phenolic OH excluding ortho intramolecular Hbond substituents is 1. The van der Waals surface area contributed by atoms with Gasteiger partial charge in [0.05, 0.1) is 4.90 Å². The molecule has 1 amide bonds. The standard InChI is InChI=1S/C24H24N2O7S/c1-34(30,31)22-8-2-17(3-9-22)26-15-12-21(16-23(26)28)32-20-10-13-25(14-11-20)24(29)33-19-6-4-18(27)5-7-19/h2-9,12,15-16,20,27H,10-11,13-14H2,1H3. The largest absolute Gasteiger partial charge is 0.508 e. The van der Waals surface area contributed by atoms with Gasteiger partial charge in [0.15, 0.2) is 9.84 Å². The van der Waals surface area contributed by atoms with Crippen molar-refractivity contribution in [2.45, 2.75) is 23.8 Å². The van der Waals surface area contributed by atoms with Crippen molar-refractivity contribution in [1.29, 1.82) is 0 Å². The van der Waals surface area contributed by atoms with Crippen LogP contribution in [0.5, 0.6) is 17.2 Å². The van der Waals surface area contributed by atoms with Gasteiger partial charge in [-0.25, -0.2) is 13.2 Å². The van der Waals surface area contributed by atoms with Crippen LogP contribution in [0.1, 0.15) is 12.8 Å². The average Bonchev–Trinajstić information content (AvgIpc) is 2.81. The second-order valence-electron chi connectivity index (χ2n) is 8.00. The Bertz CT molecular complexity index is 1320. The molecule has 1 aromatic heterocycles. The van der Waals surface area contributed by atoms with Crippen LogP contribution in [0, 0.1) is 0 Å². The van der Waals surface area contributed by atoms with E-state index in [1.165, 1.54) is 47.0 Å². The Morgan fingerprint density at radius 3 is 2.21 bits per heavy atom. The molecule has 1 N–H and O–H groups in total. The lowest BCUT2D eigenvalue weighted by Crippen LogP contribution is -2.43. The highest BCUT2D eigenvalue weighted by atomic mass is 32.2. The van der Waals surface area contributed by atoms with Gasteiger partial charge in [0.1, 0.15) is 23.4 Å². The predicted molar refractivity (Wildman–Crippen MR) is 125 cm³/mol. The minimum Gasteiger partial charge on any atom is -0.508 e. The summed E-state index contributed by atoms with van der Waals surface area (Å²) in [7, 11) is -3.31. The summed E-state index contributed by atoms with van der Waals surface area (Å²) in [4.78, 5) is 26.7. The number of nitrogens with zero attached hydrogens (tertiary/aromatic N) is 2. The number of sulfone groups is 1. The Hall–Kier alpha value is -3.79. The summed E-state index contributed by atoms with van der Waals surface area (Å²) >= 11 is 0. The van der Waals surface area contributed by atoms with E-state index < -0.39 is 15.9 Å². The van der Waals surface area contributed by atoms with Gasteiger partial charge in [-0.05, 0) is 54.6 Å². The molecule has 34 heavy (non-hydrogen) atoms. The molecular weight excluding hydrogens is 460 g/mol. The van der Waals surface area contributed by atoms with Crippen molar-refractivity contribution in [2.75, 3.05) is 19.3 Å². The van der Waals surface area contributed by atoms with Gasteiger partial charge in [-0.3, -0.25) is 9.36 Å². The second kappa shape index (κ2) is 9.60. The molecule has 1 fully saturated rings. The molecule has 10 heteroatoms. The van der Waals surface area contributed by atoms with E-state index in [-0.39, 0.29) is 22.3 Å². The Balaban J connectivity index is 1.33. The summed E-state index contributed by atoms with van der Waals surface area (Å²) in [5.74, 6) is 0.877. The lowest BCUT2D eigenvalue weighted by Gasteiger charge is -2.31. The van der Waals surface area contributed by atoms with E-state index in [4.69, 9.17) is 9.47 Å². The normalized spacial score (nSPS) is 14.6. The molecule has 4 rings (SSSR count). The summed E-state index contributed by atoms with van der Waals surface area (Å²) in [6, 6.07) is 15.1. The van der Waals surface area contributed by atoms with Crippen molar-refractivity contribution in [3.63, 3.8) is 0 Å². The van der Waals surface area contributed by atoms with Crippen LogP contribution in [0.15, 0.2) is 76.6 Å². The Morgan fingerprint density at radius 2 is 1.62 bits per heavy atom. The zero-order valence-electron chi connectivity index (χ0n) is 18.5. The maximum Gasteiger partial charge on any atom is 0.415 e. The number of benzene rings is 2. The number of ether oxygens (including phenoxy) is 2. The fourth-order valence-corrected chi connectivity index (χ4v) is 4.26. The van der Waals surface area contributed by atoms with Crippen molar-refractivity contribution in [2.24, 2.45) is 0 Å². The van der Waals surface area contributed by atoms with E-state index in [0.29, 0.717) is 43.1 Å². The number of carbonyl (C=O) groups excluding carboxylic acids is 1. The number of aromatic nitrogens is 1. The zero-order chi connectivity index (χ0) is 24.3. The third-order valence-electron chi connectivity index (χ3n) is 5.48. The van der Waals surface area contributed by atoms with Crippen molar-refractivity contribution < 1.29 is 27.8 Å². The number of rotatable bonds is 5. The van der Waals surface area contributed by atoms with Crippen LogP contribution in [0.3, 0.4) is 0 Å². The summed E-state index contributed by atoms with van der Waals surface area (Å²) in [5.41, 5.74) is 0.240. The Labute approximate surface area is 196 Å². The summed E-state index contributed by atoms with van der Waals surface area (Å²) in [6.45, 7) is 0.899. The van der Waals surface area contributed by atoms with E-state index >= 15 is 0 Å². The van der Waals surface area contributed by atoms with Crippen LogP contribution in [-0.2, 0) is 9.84 Å². The molecule has 1 aliphatic heterocycles. The molecule has 1 saturated heterocycles. The predicted octanol–water partition coefficient (Wildman–Crippen LogP) is 2.99. The monoisotopic (exact) mass is 484 g/mol. The second-order valence-corrected chi connectivity index (χ2v) is 10.0. The molecule has 178 valence electrons. The number of phenols is 1. The third-order valence-corrected chi connectivity index (χ3v) is 6.61. The molecule has 0 bridgehead atoms. The Morgan fingerprint density at radius 1 is 0.971 bits per heavy atom.